The van der Waals surface area contributed by atoms with Crippen LogP contribution in [0.3, 0.4) is 0 Å². The van der Waals surface area contributed by atoms with E-state index in [4.69, 9.17) is 9.72 Å². The number of para-hydroxylation sites is 1. The summed E-state index contributed by atoms with van der Waals surface area (Å²) in [6.45, 7) is 3.62. The summed E-state index contributed by atoms with van der Waals surface area (Å²) < 4.78 is 8.27. The average molecular weight is 403 g/mol. The zero-order chi connectivity index (χ0) is 20.3. The second kappa shape index (κ2) is 6.54. The van der Waals surface area contributed by atoms with Crippen LogP contribution < -0.4 is 10.3 Å². The summed E-state index contributed by atoms with van der Waals surface area (Å²) in [5, 5.41) is 5.08. The van der Waals surface area contributed by atoms with Crippen molar-refractivity contribution in [3.05, 3.63) is 58.3 Å². The highest BCUT2D eigenvalue weighted by Crippen LogP contribution is 2.39. The lowest BCUT2D eigenvalue weighted by Crippen LogP contribution is -2.64. The number of aromatic nitrogens is 4. The molecule has 154 valence electrons. The van der Waals surface area contributed by atoms with Gasteiger partial charge in [-0.2, -0.15) is 5.10 Å². The fourth-order valence-electron chi connectivity index (χ4n) is 5.03. The van der Waals surface area contributed by atoms with Gasteiger partial charge in [0.2, 0.25) is 0 Å². The number of hydrogen-bond acceptors (Lipinski definition) is 5. The Morgan fingerprint density at radius 3 is 2.87 bits per heavy atom. The van der Waals surface area contributed by atoms with Crippen LogP contribution in [0.4, 0.5) is 0 Å². The van der Waals surface area contributed by atoms with Gasteiger partial charge in [-0.3, -0.25) is 9.69 Å². The van der Waals surface area contributed by atoms with Crippen molar-refractivity contribution in [2.45, 2.75) is 50.3 Å². The van der Waals surface area contributed by atoms with Gasteiger partial charge in [0.15, 0.2) is 11.2 Å². The SMILES string of the molecule is C[C@H](c1nc2c(cnn2C2CCCC2)c(=O)[nH]1)N1CC2(C=Cc3ccccc3O2)C1. The number of ether oxygens (including phenoxy) is 1. The number of hydrogen-bond donors (Lipinski definition) is 1. The van der Waals surface area contributed by atoms with Crippen LogP contribution in [0, 0.1) is 0 Å². The predicted octanol–water partition coefficient (Wildman–Crippen LogP) is 3.46. The first kappa shape index (κ1) is 17.9. The van der Waals surface area contributed by atoms with E-state index in [-0.39, 0.29) is 17.2 Å². The average Bonchev–Trinajstić information content (AvgIpc) is 3.40. The summed E-state index contributed by atoms with van der Waals surface area (Å²) in [7, 11) is 0. The number of H-pyrrole nitrogens is 1. The van der Waals surface area contributed by atoms with Gasteiger partial charge in [0.25, 0.3) is 5.56 Å². The highest BCUT2D eigenvalue weighted by atomic mass is 16.5. The van der Waals surface area contributed by atoms with Crippen molar-refractivity contribution in [2.75, 3.05) is 13.1 Å². The van der Waals surface area contributed by atoms with Gasteiger partial charge >= 0.3 is 0 Å². The molecule has 1 saturated carbocycles. The summed E-state index contributed by atoms with van der Waals surface area (Å²) in [4.78, 5) is 22.8. The molecule has 0 radical (unpaired) electrons. The van der Waals surface area contributed by atoms with Crippen molar-refractivity contribution in [1.82, 2.24) is 24.6 Å². The molecule has 7 heteroatoms. The first-order valence-electron chi connectivity index (χ1n) is 10.8. The number of nitrogens with zero attached hydrogens (tertiary/aromatic N) is 4. The molecule has 1 aromatic carbocycles. The van der Waals surface area contributed by atoms with E-state index in [0.717, 1.165) is 37.2 Å². The number of nitrogens with one attached hydrogen (secondary N) is 1. The molecule has 2 aromatic heterocycles. The molecule has 2 aliphatic heterocycles. The molecule has 7 nitrogen and oxygen atoms in total. The zero-order valence-corrected chi connectivity index (χ0v) is 17.0. The molecule has 2 fully saturated rings. The zero-order valence-electron chi connectivity index (χ0n) is 17.0. The summed E-state index contributed by atoms with van der Waals surface area (Å²) >= 11 is 0. The molecule has 30 heavy (non-hydrogen) atoms. The molecule has 4 heterocycles. The maximum absolute atomic E-state index is 12.7. The first-order chi connectivity index (χ1) is 14.6. The highest BCUT2D eigenvalue weighted by Gasteiger charge is 2.47. The Morgan fingerprint density at radius 2 is 2.03 bits per heavy atom. The Kier molecular flexibility index (Phi) is 3.90. The van der Waals surface area contributed by atoms with Crippen LogP contribution in [0.15, 0.2) is 41.3 Å². The second-order valence-electron chi connectivity index (χ2n) is 8.83. The maximum atomic E-state index is 12.7. The lowest BCUT2D eigenvalue weighted by molar-refractivity contribution is -0.0637. The van der Waals surface area contributed by atoms with Crippen molar-refractivity contribution in [2.24, 2.45) is 0 Å². The molecule has 0 bridgehead atoms. The fourth-order valence-corrected chi connectivity index (χ4v) is 5.03. The highest BCUT2D eigenvalue weighted by molar-refractivity contribution is 5.73. The van der Waals surface area contributed by atoms with E-state index >= 15 is 0 Å². The Hall–Kier alpha value is -2.93. The molecule has 0 amide bonds. The van der Waals surface area contributed by atoms with Crippen LogP contribution in [0.5, 0.6) is 5.75 Å². The molecule has 1 saturated heterocycles. The first-order valence-corrected chi connectivity index (χ1v) is 10.8. The summed E-state index contributed by atoms with van der Waals surface area (Å²) in [5.41, 5.74) is 1.43. The van der Waals surface area contributed by atoms with Gasteiger partial charge in [-0.25, -0.2) is 9.67 Å². The van der Waals surface area contributed by atoms with Crippen LogP contribution >= 0.6 is 0 Å². The van der Waals surface area contributed by atoms with Crippen molar-refractivity contribution in [3.8, 4) is 5.75 Å². The van der Waals surface area contributed by atoms with E-state index in [0.29, 0.717) is 22.9 Å². The smallest absolute Gasteiger partial charge is 0.262 e. The van der Waals surface area contributed by atoms with Crippen LogP contribution in [0.25, 0.3) is 17.1 Å². The van der Waals surface area contributed by atoms with E-state index in [1.165, 1.54) is 12.8 Å². The van der Waals surface area contributed by atoms with E-state index in [9.17, 15) is 4.79 Å². The lowest BCUT2D eigenvalue weighted by atomic mass is 9.88. The topological polar surface area (TPSA) is 76.0 Å². The normalized spacial score (nSPS) is 21.5. The van der Waals surface area contributed by atoms with Crippen LogP contribution in [0.2, 0.25) is 0 Å². The Morgan fingerprint density at radius 1 is 1.23 bits per heavy atom. The summed E-state index contributed by atoms with van der Waals surface area (Å²) in [6.07, 6.45) is 10.6. The molecule has 3 aromatic rings. The molecule has 0 unspecified atom stereocenters. The third kappa shape index (κ3) is 2.72. The molecule has 3 aliphatic rings. The van der Waals surface area contributed by atoms with Gasteiger partial charge in [-0.05, 0) is 31.9 Å². The van der Waals surface area contributed by atoms with E-state index in [1.807, 2.05) is 22.9 Å². The van der Waals surface area contributed by atoms with Crippen molar-refractivity contribution in [1.29, 1.82) is 0 Å². The third-order valence-corrected chi connectivity index (χ3v) is 6.84. The Balaban J connectivity index is 1.26. The summed E-state index contributed by atoms with van der Waals surface area (Å²) in [5.74, 6) is 1.63. The lowest BCUT2D eigenvalue weighted by Gasteiger charge is -2.51. The largest absolute Gasteiger partial charge is 0.480 e. The van der Waals surface area contributed by atoms with Crippen molar-refractivity contribution in [3.63, 3.8) is 0 Å². The minimum absolute atomic E-state index is 0.00572. The van der Waals surface area contributed by atoms with Gasteiger partial charge in [0.1, 0.15) is 17.0 Å². The molecule has 1 atom stereocenters. The van der Waals surface area contributed by atoms with Gasteiger partial charge in [0, 0.05) is 18.7 Å². The van der Waals surface area contributed by atoms with Gasteiger partial charge in [0.05, 0.1) is 18.3 Å². The maximum Gasteiger partial charge on any atom is 0.262 e. The predicted molar refractivity (Wildman–Crippen MR) is 114 cm³/mol. The van der Waals surface area contributed by atoms with Crippen LogP contribution in [0.1, 0.15) is 56.1 Å². The fraction of sp³-hybridized carbons (Fsp3) is 0.435. The number of fused-ring (bicyclic) bond motifs is 2. The van der Waals surface area contributed by atoms with Gasteiger partial charge in [-0.1, -0.05) is 37.1 Å². The number of likely N-dealkylation sites (tertiary alicyclic amines) is 1. The molecular weight excluding hydrogens is 378 g/mol. The van der Waals surface area contributed by atoms with E-state index in [1.54, 1.807) is 6.20 Å². The molecule has 1 spiro atoms. The van der Waals surface area contributed by atoms with Crippen LogP contribution in [-0.4, -0.2) is 43.3 Å². The number of benzene rings is 1. The molecular formula is C23H25N5O2. The Labute approximate surface area is 174 Å². The van der Waals surface area contributed by atoms with Gasteiger partial charge < -0.3 is 9.72 Å². The second-order valence-corrected chi connectivity index (χ2v) is 8.83. The molecule has 1 N–H and O–H groups in total. The summed E-state index contributed by atoms with van der Waals surface area (Å²) in [6, 6.07) is 8.46. The quantitative estimate of drug-likeness (QED) is 0.725. The minimum Gasteiger partial charge on any atom is -0.480 e. The molecule has 6 rings (SSSR count). The van der Waals surface area contributed by atoms with Crippen LogP contribution in [-0.2, 0) is 0 Å². The standard InChI is InChI=1S/C23H25N5O2/c1-15(27-13-23(14-27)11-10-16-6-2-5-9-19(16)30-23)20-25-21-18(22(29)26-20)12-24-28(21)17-7-3-4-8-17/h2,5-6,9-12,15,17H,3-4,7-8,13-14H2,1H3,(H,25,26,29)/t15-/m1/s1. The van der Waals surface area contributed by atoms with E-state index in [2.05, 4.69) is 40.1 Å². The number of aromatic amines is 1. The Bertz CT molecular complexity index is 1200. The molecule has 1 aliphatic carbocycles. The van der Waals surface area contributed by atoms with Gasteiger partial charge in [-0.15, -0.1) is 0 Å². The van der Waals surface area contributed by atoms with Crippen molar-refractivity contribution < 1.29 is 4.74 Å². The minimum atomic E-state index is -0.293. The number of rotatable bonds is 3. The monoisotopic (exact) mass is 403 g/mol. The third-order valence-electron chi connectivity index (χ3n) is 6.84. The van der Waals surface area contributed by atoms with Crippen molar-refractivity contribution >= 4 is 17.1 Å². The van der Waals surface area contributed by atoms with E-state index < -0.39 is 0 Å².